The van der Waals surface area contributed by atoms with Crippen molar-refractivity contribution in [1.82, 2.24) is 0 Å². The minimum absolute atomic E-state index is 0.304. The lowest BCUT2D eigenvalue weighted by atomic mass is 10.1. The highest BCUT2D eigenvalue weighted by Crippen LogP contribution is 2.32. The van der Waals surface area contributed by atoms with Crippen molar-refractivity contribution in [2.24, 2.45) is 0 Å². The van der Waals surface area contributed by atoms with Gasteiger partial charge in [-0.2, -0.15) is 0 Å². The normalized spacial score (nSPS) is 11.5. The highest BCUT2D eigenvalue weighted by atomic mass is 16.6. The van der Waals surface area contributed by atoms with Crippen LogP contribution in [0.5, 0.6) is 23.0 Å². The van der Waals surface area contributed by atoms with Gasteiger partial charge in [-0.1, -0.05) is 133 Å². The van der Waals surface area contributed by atoms with Gasteiger partial charge in [0.15, 0.2) is 29.3 Å². The van der Waals surface area contributed by atoms with Crippen LogP contribution < -0.4 is 18.9 Å². The first-order valence-corrected chi connectivity index (χ1v) is 16.9. The van der Waals surface area contributed by atoms with Crippen LogP contribution in [0.3, 0.4) is 0 Å². The van der Waals surface area contributed by atoms with Crippen LogP contribution in [0.1, 0.15) is 33.4 Å². The molecule has 0 aliphatic heterocycles. The number of hydrogen-bond donors (Lipinski definition) is 1. The first-order valence-electron chi connectivity index (χ1n) is 16.9. The molecular formula is C44H42O6. The third-order valence-corrected chi connectivity index (χ3v) is 8.08. The maximum absolute atomic E-state index is 10.8. The topological polar surface area (TPSA) is 66.4 Å². The first-order chi connectivity index (χ1) is 24.7. The van der Waals surface area contributed by atoms with Gasteiger partial charge < -0.3 is 28.8 Å². The predicted molar refractivity (Wildman–Crippen MR) is 195 cm³/mol. The molecule has 1 unspecified atom stereocenters. The number of ether oxygens (including phenoxy) is 5. The van der Waals surface area contributed by atoms with Gasteiger partial charge >= 0.3 is 0 Å². The molecule has 6 nitrogen and oxygen atoms in total. The Morgan fingerprint density at radius 2 is 0.740 bits per heavy atom. The van der Waals surface area contributed by atoms with Crippen molar-refractivity contribution >= 4 is 0 Å². The third-order valence-electron chi connectivity index (χ3n) is 8.08. The highest BCUT2D eigenvalue weighted by molar-refractivity contribution is 5.44. The van der Waals surface area contributed by atoms with Gasteiger partial charge in [0.05, 0.1) is 6.61 Å². The van der Waals surface area contributed by atoms with Crippen LogP contribution in [0, 0.1) is 0 Å². The third kappa shape index (κ3) is 10.7. The summed E-state index contributed by atoms with van der Waals surface area (Å²) in [6.07, 6.45) is -0.0938. The van der Waals surface area contributed by atoms with Crippen molar-refractivity contribution in [2.45, 2.75) is 45.6 Å². The Morgan fingerprint density at radius 3 is 1.16 bits per heavy atom. The van der Waals surface area contributed by atoms with Gasteiger partial charge in [0.2, 0.25) is 0 Å². The highest BCUT2D eigenvalue weighted by Gasteiger charge is 2.13. The Hall–Kier alpha value is -5.56. The van der Waals surface area contributed by atoms with Crippen LogP contribution in [0.25, 0.3) is 0 Å². The summed E-state index contributed by atoms with van der Waals surface area (Å²) in [5, 5.41) is 10.8. The second kappa shape index (κ2) is 18.3. The molecule has 0 amide bonds. The second-order valence-corrected chi connectivity index (χ2v) is 11.9. The molecule has 0 bridgehead atoms. The molecule has 0 aliphatic rings. The average Bonchev–Trinajstić information content (AvgIpc) is 3.17. The molecule has 6 heteroatoms. The molecule has 254 valence electrons. The fourth-order valence-electron chi connectivity index (χ4n) is 5.37. The number of rotatable bonds is 18. The van der Waals surface area contributed by atoms with Crippen molar-refractivity contribution in [3.05, 3.63) is 191 Å². The molecule has 0 spiro atoms. The summed E-state index contributed by atoms with van der Waals surface area (Å²) in [4.78, 5) is 0. The molecule has 0 radical (unpaired) electrons. The molecule has 6 rings (SSSR count). The van der Waals surface area contributed by atoms with Gasteiger partial charge in [0, 0.05) is 6.42 Å². The molecular weight excluding hydrogens is 624 g/mol. The van der Waals surface area contributed by atoms with E-state index in [0.29, 0.717) is 68.9 Å². The maximum Gasteiger partial charge on any atom is 0.161 e. The van der Waals surface area contributed by atoms with E-state index in [1.807, 2.05) is 158 Å². The van der Waals surface area contributed by atoms with E-state index < -0.39 is 6.29 Å². The van der Waals surface area contributed by atoms with Gasteiger partial charge in [-0.3, -0.25) is 0 Å². The van der Waals surface area contributed by atoms with Gasteiger partial charge in [-0.25, -0.2) is 0 Å². The van der Waals surface area contributed by atoms with Crippen molar-refractivity contribution < 1.29 is 28.8 Å². The zero-order valence-electron chi connectivity index (χ0n) is 28.0. The van der Waals surface area contributed by atoms with E-state index in [1.54, 1.807) is 0 Å². The van der Waals surface area contributed by atoms with Crippen molar-refractivity contribution in [1.29, 1.82) is 0 Å². The number of hydrogen-bond acceptors (Lipinski definition) is 6. The molecule has 1 N–H and O–H groups in total. The minimum Gasteiger partial charge on any atom is -0.485 e. The number of aliphatic hydroxyl groups excluding tert-OH is 1. The lowest BCUT2D eigenvalue weighted by Gasteiger charge is -2.17. The quantitative estimate of drug-likeness (QED) is 0.0924. The van der Waals surface area contributed by atoms with E-state index >= 15 is 0 Å². The monoisotopic (exact) mass is 666 g/mol. The summed E-state index contributed by atoms with van der Waals surface area (Å²) < 4.78 is 30.6. The zero-order valence-corrected chi connectivity index (χ0v) is 28.0. The van der Waals surface area contributed by atoms with Crippen LogP contribution >= 0.6 is 0 Å². The smallest absolute Gasteiger partial charge is 0.161 e. The first kappa shape index (κ1) is 34.3. The summed E-state index contributed by atoms with van der Waals surface area (Å²) >= 11 is 0. The Morgan fingerprint density at radius 1 is 0.380 bits per heavy atom. The van der Waals surface area contributed by atoms with E-state index in [9.17, 15) is 5.11 Å². The average molecular weight is 667 g/mol. The maximum atomic E-state index is 10.8. The summed E-state index contributed by atoms with van der Waals surface area (Å²) in [5.74, 6) is 2.61. The second-order valence-electron chi connectivity index (χ2n) is 11.9. The Labute approximate surface area is 294 Å². The van der Waals surface area contributed by atoms with Gasteiger partial charge in [-0.05, 0) is 64.1 Å². The Bertz CT molecular complexity index is 1860. The Balaban J connectivity index is 1.06. The summed E-state index contributed by atoms with van der Waals surface area (Å²) in [6.45, 7) is 2.02. The van der Waals surface area contributed by atoms with Crippen molar-refractivity contribution in [2.75, 3.05) is 6.61 Å². The zero-order chi connectivity index (χ0) is 34.2. The summed E-state index contributed by atoms with van der Waals surface area (Å²) in [5.41, 5.74) is 6.17. The van der Waals surface area contributed by atoms with Gasteiger partial charge in [0.25, 0.3) is 0 Å². The van der Waals surface area contributed by atoms with E-state index in [0.717, 1.165) is 33.4 Å². The van der Waals surface area contributed by atoms with E-state index in [4.69, 9.17) is 23.7 Å². The molecule has 0 saturated heterocycles. The molecule has 1 atom stereocenters. The molecule has 0 saturated carbocycles. The van der Waals surface area contributed by atoms with Gasteiger partial charge in [-0.15, -0.1) is 0 Å². The summed E-state index contributed by atoms with van der Waals surface area (Å²) in [7, 11) is 0. The van der Waals surface area contributed by atoms with Crippen molar-refractivity contribution in [3.8, 4) is 23.0 Å². The Kier molecular flexibility index (Phi) is 12.5. The van der Waals surface area contributed by atoms with Crippen LogP contribution in [0.4, 0.5) is 0 Å². The lowest BCUT2D eigenvalue weighted by Crippen LogP contribution is -2.17. The molecule has 6 aromatic carbocycles. The van der Waals surface area contributed by atoms with E-state index in [1.165, 1.54) is 0 Å². The molecule has 0 heterocycles. The molecule has 0 fully saturated rings. The largest absolute Gasteiger partial charge is 0.485 e. The predicted octanol–water partition coefficient (Wildman–Crippen LogP) is 9.12. The number of aliphatic hydroxyl groups is 1. The van der Waals surface area contributed by atoms with Crippen molar-refractivity contribution in [3.63, 3.8) is 0 Å². The van der Waals surface area contributed by atoms with Crippen LogP contribution in [-0.4, -0.2) is 18.0 Å². The summed E-state index contributed by atoms with van der Waals surface area (Å²) in [6, 6.07) is 51.8. The SMILES string of the molecule is OC(Cc1ccc(OCc2ccccc2)c(OCc2ccccc2)c1)OCCc1ccc(OCc2ccccc2)c(OCc2ccccc2)c1. The fraction of sp³-hybridized carbons (Fsp3) is 0.182. The lowest BCUT2D eigenvalue weighted by molar-refractivity contribution is -0.0963. The van der Waals surface area contributed by atoms with Crippen LogP contribution in [0.2, 0.25) is 0 Å². The fourth-order valence-corrected chi connectivity index (χ4v) is 5.37. The standard InChI is InChI=1S/C44H42O6/c45-44(29-39-22-24-41(48-31-36-15-7-2-8-16-36)43(28-39)50-33-38-19-11-4-12-20-38)46-26-25-34-21-23-40(47-30-35-13-5-1-6-14-35)42(27-34)49-32-37-17-9-3-10-18-37/h1-24,27-28,44-45H,25-26,29-33H2. The van der Waals surface area contributed by atoms with Gasteiger partial charge in [0.1, 0.15) is 26.4 Å². The van der Waals surface area contributed by atoms with E-state index in [2.05, 4.69) is 0 Å². The molecule has 6 aromatic rings. The minimum atomic E-state index is -0.990. The van der Waals surface area contributed by atoms with Crippen LogP contribution in [0.15, 0.2) is 158 Å². The molecule has 0 aromatic heterocycles. The van der Waals surface area contributed by atoms with E-state index in [-0.39, 0.29) is 0 Å². The number of benzene rings is 6. The molecule has 50 heavy (non-hydrogen) atoms. The van der Waals surface area contributed by atoms with Crippen LogP contribution in [-0.2, 0) is 44.0 Å². The molecule has 0 aliphatic carbocycles.